The number of hydrogen-bond donors (Lipinski definition) is 1. The fraction of sp³-hybridized carbons (Fsp3) is 0.250. The van der Waals surface area contributed by atoms with Crippen LogP contribution in [0.1, 0.15) is 5.56 Å². The van der Waals surface area contributed by atoms with Crippen LogP contribution in [-0.2, 0) is 11.1 Å². The van der Waals surface area contributed by atoms with Gasteiger partial charge in [0.25, 0.3) is 0 Å². The minimum atomic E-state index is -2.25. The molecule has 0 radical (unpaired) electrons. The van der Waals surface area contributed by atoms with Crippen molar-refractivity contribution >= 4 is 16.8 Å². The Labute approximate surface area is 79.0 Å². The van der Waals surface area contributed by atoms with Gasteiger partial charge in [0.1, 0.15) is 5.75 Å². The third-order valence-corrected chi connectivity index (χ3v) is 2.51. The van der Waals surface area contributed by atoms with E-state index >= 15 is 0 Å². The topological polar surface area (TPSA) is 75.4 Å². The van der Waals surface area contributed by atoms with Crippen LogP contribution in [0.2, 0.25) is 0 Å². The smallest absolute Gasteiger partial charge is 0.142 e. The average molecular weight is 200 g/mol. The molecule has 0 fully saturated rings. The van der Waals surface area contributed by atoms with Gasteiger partial charge >= 0.3 is 0 Å². The van der Waals surface area contributed by atoms with Crippen LogP contribution in [0.3, 0.4) is 0 Å². The fourth-order valence-electron chi connectivity index (χ4n) is 1.05. The number of rotatable bonds is 2. The Morgan fingerprint density at radius 2 is 2.15 bits per heavy atom. The van der Waals surface area contributed by atoms with Crippen LogP contribution in [0.15, 0.2) is 17.0 Å². The van der Waals surface area contributed by atoms with E-state index in [-0.39, 0.29) is 4.90 Å². The molecule has 4 nitrogen and oxygen atoms in total. The summed E-state index contributed by atoms with van der Waals surface area (Å²) in [4.78, 5) is 0.214. The SMILES string of the molecule is COc1cc(S(=O)[O-])c(C)cc1N. The van der Waals surface area contributed by atoms with Crippen LogP contribution in [0.4, 0.5) is 5.69 Å². The molecule has 1 aromatic rings. The summed E-state index contributed by atoms with van der Waals surface area (Å²) in [6.45, 7) is 1.68. The first-order valence-electron chi connectivity index (χ1n) is 3.59. The molecule has 0 aliphatic heterocycles. The first-order valence-corrected chi connectivity index (χ1v) is 4.67. The van der Waals surface area contributed by atoms with Crippen molar-refractivity contribution in [2.45, 2.75) is 11.8 Å². The van der Waals surface area contributed by atoms with Gasteiger partial charge in [-0.15, -0.1) is 0 Å². The Kier molecular flexibility index (Phi) is 2.90. The third-order valence-electron chi connectivity index (χ3n) is 1.71. The molecule has 1 rings (SSSR count). The molecule has 0 aromatic heterocycles. The van der Waals surface area contributed by atoms with Crippen molar-refractivity contribution in [1.29, 1.82) is 0 Å². The van der Waals surface area contributed by atoms with Crippen molar-refractivity contribution in [1.82, 2.24) is 0 Å². The summed E-state index contributed by atoms with van der Waals surface area (Å²) in [5.41, 5.74) is 6.63. The molecule has 0 saturated carbocycles. The van der Waals surface area contributed by atoms with Crippen LogP contribution in [-0.4, -0.2) is 15.9 Å². The molecule has 1 aromatic carbocycles. The van der Waals surface area contributed by atoms with Gasteiger partial charge in [-0.05, 0) is 35.7 Å². The van der Waals surface area contributed by atoms with E-state index in [1.165, 1.54) is 13.2 Å². The number of methoxy groups -OCH3 is 1. The lowest BCUT2D eigenvalue weighted by Gasteiger charge is -2.12. The van der Waals surface area contributed by atoms with Gasteiger partial charge in [0.2, 0.25) is 0 Å². The number of ether oxygens (including phenoxy) is 1. The number of benzene rings is 1. The summed E-state index contributed by atoms with van der Waals surface area (Å²) in [7, 11) is 1.44. The quantitative estimate of drug-likeness (QED) is 0.566. The summed E-state index contributed by atoms with van der Waals surface area (Å²) in [6.07, 6.45) is 0. The summed E-state index contributed by atoms with van der Waals surface area (Å²) in [5, 5.41) is 0. The molecule has 0 bridgehead atoms. The maximum absolute atomic E-state index is 10.7. The summed E-state index contributed by atoms with van der Waals surface area (Å²) in [6, 6.07) is 2.98. The lowest BCUT2D eigenvalue weighted by Crippen LogP contribution is -1.98. The maximum atomic E-state index is 10.7. The van der Waals surface area contributed by atoms with Crippen molar-refractivity contribution < 1.29 is 13.5 Å². The van der Waals surface area contributed by atoms with E-state index in [9.17, 15) is 8.76 Å². The summed E-state index contributed by atoms with van der Waals surface area (Å²) < 4.78 is 26.3. The molecule has 0 spiro atoms. The molecule has 0 heterocycles. The molecule has 0 saturated heterocycles. The first kappa shape index (κ1) is 10.0. The second-order valence-electron chi connectivity index (χ2n) is 2.59. The Hall–Kier alpha value is -1.07. The van der Waals surface area contributed by atoms with Gasteiger partial charge in [-0.3, -0.25) is 4.21 Å². The number of nitrogen functional groups attached to an aromatic ring is 1. The van der Waals surface area contributed by atoms with Gasteiger partial charge in [-0.1, -0.05) is 0 Å². The zero-order valence-electron chi connectivity index (χ0n) is 7.37. The molecule has 0 aliphatic rings. The summed E-state index contributed by atoms with van der Waals surface area (Å²) in [5.74, 6) is 0.379. The van der Waals surface area contributed by atoms with Crippen LogP contribution in [0, 0.1) is 6.92 Å². The normalized spacial score (nSPS) is 12.5. The van der Waals surface area contributed by atoms with Gasteiger partial charge in [0, 0.05) is 4.90 Å². The molecule has 5 heteroatoms. The van der Waals surface area contributed by atoms with Crippen LogP contribution >= 0.6 is 0 Å². The average Bonchev–Trinajstić information content (AvgIpc) is 2.03. The highest BCUT2D eigenvalue weighted by molar-refractivity contribution is 7.79. The Bertz CT molecular complexity index is 351. The highest BCUT2D eigenvalue weighted by Gasteiger charge is 2.05. The van der Waals surface area contributed by atoms with E-state index in [1.807, 2.05) is 0 Å². The minimum Gasteiger partial charge on any atom is -0.768 e. The van der Waals surface area contributed by atoms with Crippen molar-refractivity contribution in [3.63, 3.8) is 0 Å². The monoisotopic (exact) mass is 200 g/mol. The molecule has 72 valence electrons. The Morgan fingerprint density at radius 1 is 1.54 bits per heavy atom. The van der Waals surface area contributed by atoms with E-state index in [1.54, 1.807) is 13.0 Å². The van der Waals surface area contributed by atoms with E-state index in [0.717, 1.165) is 0 Å². The Morgan fingerprint density at radius 3 is 2.62 bits per heavy atom. The van der Waals surface area contributed by atoms with Crippen molar-refractivity contribution in [2.75, 3.05) is 12.8 Å². The molecule has 1 unspecified atom stereocenters. The highest BCUT2D eigenvalue weighted by Crippen LogP contribution is 2.26. The van der Waals surface area contributed by atoms with Crippen molar-refractivity contribution in [2.24, 2.45) is 0 Å². The fourth-order valence-corrected chi connectivity index (χ4v) is 1.57. The standard InChI is InChI=1S/C8H11NO3S/c1-5-3-6(9)7(12-2)4-8(5)13(10)11/h3-4H,9H2,1-2H3,(H,10,11)/p-1. The second-order valence-corrected chi connectivity index (χ2v) is 3.50. The van der Waals surface area contributed by atoms with Crippen LogP contribution < -0.4 is 10.5 Å². The molecule has 0 aliphatic carbocycles. The van der Waals surface area contributed by atoms with E-state index in [2.05, 4.69) is 0 Å². The van der Waals surface area contributed by atoms with Crippen LogP contribution in [0.5, 0.6) is 5.75 Å². The molecular weight excluding hydrogens is 190 g/mol. The van der Waals surface area contributed by atoms with Crippen molar-refractivity contribution in [3.8, 4) is 5.75 Å². The predicted molar refractivity (Wildman–Crippen MR) is 49.3 cm³/mol. The number of nitrogens with two attached hydrogens (primary N) is 1. The van der Waals surface area contributed by atoms with Gasteiger partial charge in [0.05, 0.1) is 12.8 Å². The lowest BCUT2D eigenvalue weighted by atomic mass is 10.2. The third kappa shape index (κ3) is 1.99. The van der Waals surface area contributed by atoms with Crippen molar-refractivity contribution in [3.05, 3.63) is 17.7 Å². The highest BCUT2D eigenvalue weighted by atomic mass is 32.2. The number of anilines is 1. The number of aryl methyl sites for hydroxylation is 1. The van der Waals surface area contributed by atoms with E-state index < -0.39 is 11.1 Å². The molecule has 0 amide bonds. The lowest BCUT2D eigenvalue weighted by molar-refractivity contribution is 0.415. The molecule has 2 N–H and O–H groups in total. The molecule has 1 atom stereocenters. The zero-order chi connectivity index (χ0) is 10.0. The maximum Gasteiger partial charge on any atom is 0.142 e. The second kappa shape index (κ2) is 3.76. The van der Waals surface area contributed by atoms with Gasteiger partial charge < -0.3 is 15.0 Å². The van der Waals surface area contributed by atoms with E-state index in [4.69, 9.17) is 10.5 Å². The van der Waals surface area contributed by atoms with Gasteiger partial charge in [0.15, 0.2) is 0 Å². The van der Waals surface area contributed by atoms with Gasteiger partial charge in [-0.2, -0.15) is 0 Å². The van der Waals surface area contributed by atoms with Crippen LogP contribution in [0.25, 0.3) is 0 Å². The number of hydrogen-bond acceptors (Lipinski definition) is 4. The van der Waals surface area contributed by atoms with E-state index in [0.29, 0.717) is 17.0 Å². The zero-order valence-corrected chi connectivity index (χ0v) is 8.18. The Balaban J connectivity index is 3.30. The minimum absolute atomic E-state index is 0.214. The molecule has 13 heavy (non-hydrogen) atoms. The molecular formula is C8H10NO3S-. The summed E-state index contributed by atoms with van der Waals surface area (Å²) >= 11 is -2.25. The predicted octanol–water partition coefficient (Wildman–Crippen LogP) is 0.824. The largest absolute Gasteiger partial charge is 0.768 e. The van der Waals surface area contributed by atoms with Gasteiger partial charge in [-0.25, -0.2) is 0 Å². The first-order chi connectivity index (χ1) is 6.06.